The summed E-state index contributed by atoms with van der Waals surface area (Å²) in [5.74, 6) is 1.59. The van der Waals surface area contributed by atoms with Crippen molar-refractivity contribution in [2.75, 3.05) is 0 Å². The van der Waals surface area contributed by atoms with E-state index in [1.165, 1.54) is 18.3 Å². The number of furan rings is 2. The molecule has 2 aromatic heterocycles. The van der Waals surface area contributed by atoms with Crippen LogP contribution in [0, 0.1) is 21.4 Å². The smallest absolute Gasteiger partial charge is 0.270 e. The molecule has 0 atom stereocenters. The summed E-state index contributed by atoms with van der Waals surface area (Å²) in [5.41, 5.74) is 3.21. The second-order valence-electron chi connectivity index (χ2n) is 7.60. The largest absolute Gasteiger partial charge is 0.455 e. The zero-order valence-electron chi connectivity index (χ0n) is 18.3. The Morgan fingerprint density at radius 2 is 1.51 bits per heavy atom. The number of hydrogen-bond donors (Lipinski definition) is 0. The molecular formula is C28H17N3O4. The van der Waals surface area contributed by atoms with Crippen LogP contribution in [0.15, 0.2) is 111 Å². The maximum Gasteiger partial charge on any atom is 0.270 e. The second-order valence-corrected chi connectivity index (χ2v) is 7.60. The van der Waals surface area contributed by atoms with Crippen LogP contribution in [-0.4, -0.2) is 11.1 Å². The maximum atomic E-state index is 11.1. The number of nitrogens with zero attached hydrogens (tertiary/aromatic N) is 3. The topological polar surface area (TPSA) is 106 Å². The predicted octanol–water partition coefficient (Wildman–Crippen LogP) is 7.40. The molecule has 7 nitrogen and oxygen atoms in total. The van der Waals surface area contributed by atoms with E-state index < -0.39 is 4.92 Å². The summed E-state index contributed by atoms with van der Waals surface area (Å²) >= 11 is 0. The Balaban J connectivity index is 1.54. The Morgan fingerprint density at radius 1 is 0.829 bits per heavy atom. The molecule has 0 aliphatic heterocycles. The van der Waals surface area contributed by atoms with Crippen molar-refractivity contribution in [1.29, 1.82) is 5.26 Å². The van der Waals surface area contributed by atoms with E-state index in [1.54, 1.807) is 24.3 Å². The highest BCUT2D eigenvalue weighted by Gasteiger charge is 2.22. The lowest BCUT2D eigenvalue weighted by molar-refractivity contribution is -0.384. The highest BCUT2D eigenvalue weighted by atomic mass is 16.6. The van der Waals surface area contributed by atoms with E-state index in [1.807, 2.05) is 60.7 Å². The van der Waals surface area contributed by atoms with E-state index in [0.29, 0.717) is 34.0 Å². The zero-order valence-corrected chi connectivity index (χ0v) is 18.3. The molecule has 7 heteroatoms. The van der Waals surface area contributed by atoms with Crippen LogP contribution in [0.5, 0.6) is 0 Å². The average molecular weight is 459 g/mol. The molecule has 0 N–H and O–H groups in total. The number of non-ortho nitro benzene ring substituents is 1. The van der Waals surface area contributed by atoms with Gasteiger partial charge in [-0.3, -0.25) is 10.1 Å². The molecule has 0 saturated heterocycles. The average Bonchev–Trinajstić information content (AvgIpc) is 3.53. The molecule has 0 bridgehead atoms. The summed E-state index contributed by atoms with van der Waals surface area (Å²) in [6.45, 7) is 0. The first-order valence-corrected chi connectivity index (χ1v) is 10.7. The Kier molecular flexibility index (Phi) is 5.76. The lowest BCUT2D eigenvalue weighted by atomic mass is 9.98. The standard InChI is InChI=1S/C28H17N3O4/c29-17-24-26(19-8-3-1-4-9-19)27(20-10-5-2-6-11-20)35-28(24)30-18-23-14-15-25(34-23)21-12-7-13-22(16-21)31(32)33/h1-16,18H. The summed E-state index contributed by atoms with van der Waals surface area (Å²) in [7, 11) is 0. The molecule has 0 fully saturated rings. The fourth-order valence-corrected chi connectivity index (χ4v) is 3.76. The lowest BCUT2D eigenvalue weighted by Gasteiger charge is -2.03. The number of nitro benzene ring substituents is 1. The van der Waals surface area contributed by atoms with Crippen molar-refractivity contribution < 1.29 is 13.8 Å². The Morgan fingerprint density at radius 3 is 2.20 bits per heavy atom. The van der Waals surface area contributed by atoms with E-state index in [2.05, 4.69) is 11.1 Å². The molecular weight excluding hydrogens is 442 g/mol. The summed E-state index contributed by atoms with van der Waals surface area (Å²) in [4.78, 5) is 15.0. The van der Waals surface area contributed by atoms with Crippen molar-refractivity contribution in [2.24, 2.45) is 4.99 Å². The Hall–Kier alpha value is -5.22. The number of aliphatic imine (C=N–C) groups is 1. The Labute approximate surface area is 200 Å². The highest BCUT2D eigenvalue weighted by Crippen LogP contribution is 2.42. The molecule has 168 valence electrons. The molecule has 5 aromatic rings. The van der Waals surface area contributed by atoms with Gasteiger partial charge < -0.3 is 8.83 Å². The summed E-state index contributed by atoms with van der Waals surface area (Å²) in [6, 6.07) is 30.9. The SMILES string of the molecule is N#Cc1c(N=Cc2ccc(-c3cccc([N+](=O)[O-])c3)o2)oc(-c2ccccc2)c1-c1ccccc1. The first-order valence-electron chi connectivity index (χ1n) is 10.7. The van der Waals surface area contributed by atoms with Crippen molar-refractivity contribution in [2.45, 2.75) is 0 Å². The molecule has 35 heavy (non-hydrogen) atoms. The van der Waals surface area contributed by atoms with E-state index in [-0.39, 0.29) is 11.6 Å². The first-order chi connectivity index (χ1) is 17.1. The molecule has 0 amide bonds. The number of benzene rings is 3. The van der Waals surface area contributed by atoms with Crippen molar-refractivity contribution in [3.63, 3.8) is 0 Å². The number of nitriles is 1. The van der Waals surface area contributed by atoms with Gasteiger partial charge in [0.1, 0.15) is 28.9 Å². The minimum atomic E-state index is -0.455. The molecule has 0 unspecified atom stereocenters. The van der Waals surface area contributed by atoms with Gasteiger partial charge in [0, 0.05) is 28.8 Å². The molecule has 3 aromatic carbocycles. The molecule has 0 aliphatic rings. The zero-order chi connectivity index (χ0) is 24.2. The molecule has 0 saturated carbocycles. The van der Waals surface area contributed by atoms with Crippen LogP contribution in [0.25, 0.3) is 33.8 Å². The minimum Gasteiger partial charge on any atom is -0.455 e. The van der Waals surface area contributed by atoms with Crippen molar-refractivity contribution in [3.05, 3.63) is 118 Å². The molecule has 5 rings (SSSR count). The quantitative estimate of drug-likeness (QED) is 0.149. The van der Waals surface area contributed by atoms with Crippen molar-refractivity contribution >= 4 is 17.8 Å². The Bertz CT molecular complexity index is 1580. The fraction of sp³-hybridized carbons (Fsp3) is 0. The number of nitro groups is 1. The van der Waals surface area contributed by atoms with Crippen LogP contribution in [0.4, 0.5) is 11.6 Å². The van der Waals surface area contributed by atoms with Gasteiger partial charge >= 0.3 is 0 Å². The third kappa shape index (κ3) is 4.36. The van der Waals surface area contributed by atoms with E-state index in [0.717, 1.165) is 11.1 Å². The van der Waals surface area contributed by atoms with Gasteiger partial charge in [-0.05, 0) is 17.7 Å². The fourth-order valence-electron chi connectivity index (χ4n) is 3.76. The van der Waals surface area contributed by atoms with Gasteiger partial charge in [-0.25, -0.2) is 4.99 Å². The van der Waals surface area contributed by atoms with E-state index >= 15 is 0 Å². The van der Waals surface area contributed by atoms with Crippen molar-refractivity contribution in [3.8, 4) is 39.8 Å². The molecule has 0 spiro atoms. The number of hydrogen-bond acceptors (Lipinski definition) is 6. The van der Waals surface area contributed by atoms with Gasteiger partial charge in [0.2, 0.25) is 5.88 Å². The maximum absolute atomic E-state index is 11.1. The second kappa shape index (κ2) is 9.33. The van der Waals surface area contributed by atoms with Gasteiger partial charge in [-0.1, -0.05) is 72.8 Å². The number of rotatable bonds is 6. The van der Waals surface area contributed by atoms with Gasteiger partial charge in [-0.2, -0.15) is 5.26 Å². The van der Waals surface area contributed by atoms with Crippen LogP contribution < -0.4 is 0 Å². The van der Waals surface area contributed by atoms with Crippen LogP contribution in [0.3, 0.4) is 0 Å². The third-order valence-electron chi connectivity index (χ3n) is 5.38. The monoisotopic (exact) mass is 459 g/mol. The minimum absolute atomic E-state index is 0.0229. The molecule has 2 heterocycles. The lowest BCUT2D eigenvalue weighted by Crippen LogP contribution is -1.87. The van der Waals surface area contributed by atoms with Crippen LogP contribution in [-0.2, 0) is 0 Å². The van der Waals surface area contributed by atoms with Crippen LogP contribution in [0.1, 0.15) is 11.3 Å². The van der Waals surface area contributed by atoms with E-state index in [4.69, 9.17) is 8.83 Å². The van der Waals surface area contributed by atoms with Gasteiger partial charge in [0.05, 0.1) is 11.1 Å². The van der Waals surface area contributed by atoms with Crippen LogP contribution in [0.2, 0.25) is 0 Å². The summed E-state index contributed by atoms with van der Waals surface area (Å²) < 4.78 is 11.9. The van der Waals surface area contributed by atoms with Crippen LogP contribution >= 0.6 is 0 Å². The van der Waals surface area contributed by atoms with Crippen molar-refractivity contribution in [1.82, 2.24) is 0 Å². The van der Waals surface area contributed by atoms with Gasteiger partial charge in [0.15, 0.2) is 0 Å². The summed E-state index contributed by atoms with van der Waals surface area (Å²) in [5, 5.41) is 21.0. The van der Waals surface area contributed by atoms with E-state index in [9.17, 15) is 15.4 Å². The molecule has 0 radical (unpaired) electrons. The predicted molar refractivity (Wildman–Crippen MR) is 132 cm³/mol. The normalized spacial score (nSPS) is 10.9. The van der Waals surface area contributed by atoms with Gasteiger partial charge in [-0.15, -0.1) is 0 Å². The summed E-state index contributed by atoms with van der Waals surface area (Å²) in [6.07, 6.45) is 1.46. The first kappa shape index (κ1) is 21.6. The highest BCUT2D eigenvalue weighted by molar-refractivity contribution is 5.89. The third-order valence-corrected chi connectivity index (χ3v) is 5.38. The molecule has 0 aliphatic carbocycles. The van der Waals surface area contributed by atoms with Gasteiger partial charge in [0.25, 0.3) is 5.69 Å².